The van der Waals surface area contributed by atoms with Crippen LogP contribution in [0.15, 0.2) is 24.3 Å². The lowest BCUT2D eigenvalue weighted by Crippen LogP contribution is -2.41. The van der Waals surface area contributed by atoms with Crippen molar-refractivity contribution in [2.24, 2.45) is 11.7 Å². The van der Waals surface area contributed by atoms with Gasteiger partial charge in [0.25, 0.3) is 0 Å². The molecule has 108 valence electrons. The average molecular weight is 274 g/mol. The zero-order valence-electron chi connectivity index (χ0n) is 11.3. The predicted molar refractivity (Wildman–Crippen MR) is 70.8 cm³/mol. The highest BCUT2D eigenvalue weighted by Crippen LogP contribution is 2.29. The van der Waals surface area contributed by atoms with Crippen molar-refractivity contribution in [1.29, 1.82) is 0 Å². The van der Waals surface area contributed by atoms with Crippen LogP contribution >= 0.6 is 0 Å². The molecule has 3 N–H and O–H groups in total. The van der Waals surface area contributed by atoms with Crippen LogP contribution in [-0.4, -0.2) is 19.1 Å². The molecule has 1 rings (SSSR count). The van der Waals surface area contributed by atoms with Crippen LogP contribution in [0.1, 0.15) is 25.0 Å². The minimum absolute atomic E-state index is 0.245. The van der Waals surface area contributed by atoms with Crippen LogP contribution in [0.5, 0.6) is 0 Å². The number of halogens is 3. The first kappa shape index (κ1) is 16.0. The number of nitrogens with two attached hydrogens (primary N) is 1. The van der Waals surface area contributed by atoms with Gasteiger partial charge in [-0.25, -0.2) is 0 Å². The molecule has 1 aromatic rings. The molecule has 0 radical (unpaired) electrons. The van der Waals surface area contributed by atoms with E-state index in [1.807, 2.05) is 0 Å². The third-order valence-corrected chi connectivity index (χ3v) is 3.16. The maximum Gasteiger partial charge on any atom is 0.416 e. The van der Waals surface area contributed by atoms with Gasteiger partial charge < -0.3 is 11.1 Å². The zero-order chi connectivity index (χ0) is 14.5. The van der Waals surface area contributed by atoms with E-state index in [1.165, 1.54) is 12.1 Å². The molecule has 1 unspecified atom stereocenters. The van der Waals surface area contributed by atoms with Gasteiger partial charge in [-0.2, -0.15) is 13.2 Å². The van der Waals surface area contributed by atoms with Crippen LogP contribution in [0.25, 0.3) is 0 Å². The number of hydrogen-bond donors (Lipinski definition) is 2. The SMILES string of the molecule is CC(C)C(CN)NCCc1ccc(C(F)(F)F)cc1. The Morgan fingerprint density at radius 2 is 1.74 bits per heavy atom. The predicted octanol–water partition coefficient (Wildman–Crippen LogP) is 2.82. The van der Waals surface area contributed by atoms with Gasteiger partial charge in [-0.3, -0.25) is 0 Å². The molecule has 1 aromatic carbocycles. The second-order valence-corrected chi connectivity index (χ2v) is 4.99. The molecule has 0 saturated heterocycles. The highest BCUT2D eigenvalue weighted by molar-refractivity contribution is 5.24. The molecule has 0 bridgehead atoms. The monoisotopic (exact) mass is 274 g/mol. The minimum Gasteiger partial charge on any atom is -0.329 e. The number of hydrogen-bond acceptors (Lipinski definition) is 2. The third-order valence-electron chi connectivity index (χ3n) is 3.16. The summed E-state index contributed by atoms with van der Waals surface area (Å²) in [4.78, 5) is 0. The van der Waals surface area contributed by atoms with Crippen LogP contribution in [0, 0.1) is 5.92 Å². The van der Waals surface area contributed by atoms with Crippen LogP contribution < -0.4 is 11.1 Å². The molecule has 2 nitrogen and oxygen atoms in total. The smallest absolute Gasteiger partial charge is 0.329 e. The molecular formula is C14H21F3N2. The second-order valence-electron chi connectivity index (χ2n) is 4.99. The number of rotatable bonds is 6. The van der Waals surface area contributed by atoms with Gasteiger partial charge in [-0.05, 0) is 36.6 Å². The largest absolute Gasteiger partial charge is 0.416 e. The third kappa shape index (κ3) is 5.20. The van der Waals surface area contributed by atoms with Crippen molar-refractivity contribution in [1.82, 2.24) is 5.32 Å². The Morgan fingerprint density at radius 1 is 1.16 bits per heavy atom. The van der Waals surface area contributed by atoms with E-state index in [4.69, 9.17) is 5.73 Å². The molecule has 19 heavy (non-hydrogen) atoms. The van der Waals surface area contributed by atoms with Gasteiger partial charge in [0.1, 0.15) is 0 Å². The van der Waals surface area contributed by atoms with Crippen molar-refractivity contribution in [3.63, 3.8) is 0 Å². The highest BCUT2D eigenvalue weighted by atomic mass is 19.4. The van der Waals surface area contributed by atoms with E-state index in [9.17, 15) is 13.2 Å². The molecule has 0 saturated carbocycles. The van der Waals surface area contributed by atoms with Gasteiger partial charge >= 0.3 is 6.18 Å². The maximum absolute atomic E-state index is 12.4. The Kier molecular flexibility index (Phi) is 5.82. The number of benzene rings is 1. The van der Waals surface area contributed by atoms with Crippen molar-refractivity contribution < 1.29 is 13.2 Å². The lowest BCUT2D eigenvalue weighted by Gasteiger charge is -2.20. The van der Waals surface area contributed by atoms with E-state index >= 15 is 0 Å². The summed E-state index contributed by atoms with van der Waals surface area (Å²) >= 11 is 0. The van der Waals surface area contributed by atoms with E-state index in [0.29, 0.717) is 25.4 Å². The van der Waals surface area contributed by atoms with Gasteiger partial charge in [0.15, 0.2) is 0 Å². The van der Waals surface area contributed by atoms with Crippen LogP contribution in [0.3, 0.4) is 0 Å². The number of alkyl halides is 3. The summed E-state index contributed by atoms with van der Waals surface area (Å²) in [5, 5.41) is 3.31. The fourth-order valence-corrected chi connectivity index (χ4v) is 1.85. The van der Waals surface area contributed by atoms with E-state index < -0.39 is 11.7 Å². The van der Waals surface area contributed by atoms with Gasteiger partial charge in [-0.1, -0.05) is 26.0 Å². The zero-order valence-corrected chi connectivity index (χ0v) is 11.3. The van der Waals surface area contributed by atoms with Crippen molar-refractivity contribution in [2.75, 3.05) is 13.1 Å². The molecule has 5 heteroatoms. The fourth-order valence-electron chi connectivity index (χ4n) is 1.85. The maximum atomic E-state index is 12.4. The first-order valence-corrected chi connectivity index (χ1v) is 6.44. The van der Waals surface area contributed by atoms with Gasteiger partial charge in [0.05, 0.1) is 5.56 Å². The molecule has 0 spiro atoms. The molecule has 0 aliphatic carbocycles. The standard InChI is InChI=1S/C14H21F3N2/c1-10(2)13(9-18)19-8-7-11-3-5-12(6-4-11)14(15,16)17/h3-6,10,13,19H,7-9,18H2,1-2H3. The lowest BCUT2D eigenvalue weighted by atomic mass is 10.0. The lowest BCUT2D eigenvalue weighted by molar-refractivity contribution is -0.137. The van der Waals surface area contributed by atoms with Gasteiger partial charge in [0.2, 0.25) is 0 Å². The summed E-state index contributed by atoms with van der Waals surface area (Å²) in [6.07, 6.45) is -3.57. The molecule has 0 amide bonds. The van der Waals surface area contributed by atoms with Crippen LogP contribution in [0.2, 0.25) is 0 Å². The summed E-state index contributed by atoms with van der Waals surface area (Å²) in [6.45, 7) is 5.45. The summed E-state index contributed by atoms with van der Waals surface area (Å²) < 4.78 is 37.2. The van der Waals surface area contributed by atoms with Crippen molar-refractivity contribution >= 4 is 0 Å². The van der Waals surface area contributed by atoms with Crippen LogP contribution in [-0.2, 0) is 12.6 Å². The average Bonchev–Trinajstić information content (AvgIpc) is 2.33. The fraction of sp³-hybridized carbons (Fsp3) is 0.571. The van der Waals surface area contributed by atoms with Gasteiger partial charge in [-0.15, -0.1) is 0 Å². The minimum atomic E-state index is -4.26. The summed E-state index contributed by atoms with van der Waals surface area (Å²) in [7, 11) is 0. The first-order chi connectivity index (χ1) is 8.84. The quantitative estimate of drug-likeness (QED) is 0.837. The van der Waals surface area contributed by atoms with E-state index in [1.54, 1.807) is 0 Å². The summed E-state index contributed by atoms with van der Waals surface area (Å²) in [5.74, 6) is 0.442. The first-order valence-electron chi connectivity index (χ1n) is 6.44. The molecule has 0 heterocycles. The molecule has 0 fully saturated rings. The second kappa shape index (κ2) is 6.91. The summed E-state index contributed by atoms with van der Waals surface area (Å²) in [6, 6.07) is 5.54. The van der Waals surface area contributed by atoms with Crippen molar-refractivity contribution in [2.45, 2.75) is 32.5 Å². The molecule has 0 aliphatic heterocycles. The molecule has 0 aliphatic rings. The van der Waals surface area contributed by atoms with Crippen molar-refractivity contribution in [3.8, 4) is 0 Å². The van der Waals surface area contributed by atoms with E-state index in [0.717, 1.165) is 17.7 Å². The topological polar surface area (TPSA) is 38.0 Å². The Balaban J connectivity index is 2.46. The Labute approximate surface area is 112 Å². The normalized spacial score (nSPS) is 13.8. The Morgan fingerprint density at radius 3 is 2.16 bits per heavy atom. The Hall–Kier alpha value is -1.07. The van der Waals surface area contributed by atoms with Gasteiger partial charge in [0, 0.05) is 12.6 Å². The molecular weight excluding hydrogens is 253 g/mol. The number of nitrogens with one attached hydrogen (secondary N) is 1. The van der Waals surface area contributed by atoms with E-state index in [2.05, 4.69) is 19.2 Å². The van der Waals surface area contributed by atoms with Crippen molar-refractivity contribution in [3.05, 3.63) is 35.4 Å². The summed E-state index contributed by atoms with van der Waals surface area (Å²) in [5.41, 5.74) is 5.92. The molecule has 1 atom stereocenters. The Bertz CT molecular complexity index is 371. The van der Waals surface area contributed by atoms with E-state index in [-0.39, 0.29) is 6.04 Å². The molecule has 0 aromatic heterocycles. The highest BCUT2D eigenvalue weighted by Gasteiger charge is 2.29. The van der Waals surface area contributed by atoms with Crippen LogP contribution in [0.4, 0.5) is 13.2 Å².